The van der Waals surface area contributed by atoms with Crippen LogP contribution >= 0.6 is 0 Å². The fourth-order valence-corrected chi connectivity index (χ4v) is 3.18. The maximum atomic E-state index is 5.70. The molecule has 23 heavy (non-hydrogen) atoms. The maximum absolute atomic E-state index is 5.70. The van der Waals surface area contributed by atoms with Crippen molar-refractivity contribution in [1.82, 2.24) is 14.9 Å². The molecule has 122 valence electrons. The Kier molecular flexibility index (Phi) is 4.06. The summed E-state index contributed by atoms with van der Waals surface area (Å²) in [6.07, 6.45) is 4.66. The van der Waals surface area contributed by atoms with Crippen LogP contribution < -0.4 is 4.74 Å². The van der Waals surface area contributed by atoms with Crippen molar-refractivity contribution in [2.75, 3.05) is 33.4 Å². The molecule has 0 bridgehead atoms. The second-order valence-electron chi connectivity index (χ2n) is 6.44. The van der Waals surface area contributed by atoms with E-state index in [1.807, 2.05) is 24.4 Å². The SMILES string of the molecule is COc1cccc(-c2cnc(C3COCCN3CC3CC3)[nH]2)c1. The molecule has 1 N–H and O–H groups in total. The van der Waals surface area contributed by atoms with Gasteiger partial charge in [-0.15, -0.1) is 0 Å². The van der Waals surface area contributed by atoms with Crippen LogP contribution in [0.15, 0.2) is 30.5 Å². The summed E-state index contributed by atoms with van der Waals surface area (Å²) in [6.45, 7) is 3.71. The molecule has 2 heterocycles. The number of nitrogens with one attached hydrogen (secondary N) is 1. The molecule has 0 spiro atoms. The summed E-state index contributed by atoms with van der Waals surface area (Å²) in [4.78, 5) is 10.6. The third-order valence-corrected chi connectivity index (χ3v) is 4.72. The first-order valence-electron chi connectivity index (χ1n) is 8.34. The molecule has 5 nitrogen and oxygen atoms in total. The van der Waals surface area contributed by atoms with Gasteiger partial charge in [-0.05, 0) is 30.9 Å². The first kappa shape index (κ1) is 14.7. The zero-order valence-electron chi connectivity index (χ0n) is 13.5. The molecule has 1 unspecified atom stereocenters. The van der Waals surface area contributed by atoms with Gasteiger partial charge in [0, 0.05) is 18.7 Å². The van der Waals surface area contributed by atoms with Crippen molar-refractivity contribution < 1.29 is 9.47 Å². The summed E-state index contributed by atoms with van der Waals surface area (Å²) < 4.78 is 11.0. The molecule has 5 heteroatoms. The molecule has 1 saturated heterocycles. The highest BCUT2D eigenvalue weighted by Crippen LogP contribution is 2.34. The maximum Gasteiger partial charge on any atom is 0.126 e. The third kappa shape index (κ3) is 3.26. The zero-order valence-corrected chi connectivity index (χ0v) is 13.5. The summed E-state index contributed by atoms with van der Waals surface area (Å²) >= 11 is 0. The van der Waals surface area contributed by atoms with Crippen molar-refractivity contribution >= 4 is 0 Å². The van der Waals surface area contributed by atoms with Gasteiger partial charge in [0.2, 0.25) is 0 Å². The van der Waals surface area contributed by atoms with Crippen LogP contribution in [-0.2, 0) is 4.74 Å². The van der Waals surface area contributed by atoms with Gasteiger partial charge in [-0.1, -0.05) is 12.1 Å². The highest BCUT2D eigenvalue weighted by molar-refractivity contribution is 5.60. The summed E-state index contributed by atoms with van der Waals surface area (Å²) in [5.74, 6) is 2.74. The lowest BCUT2D eigenvalue weighted by Gasteiger charge is -2.34. The predicted molar refractivity (Wildman–Crippen MR) is 88.4 cm³/mol. The van der Waals surface area contributed by atoms with Crippen LogP contribution in [0, 0.1) is 5.92 Å². The molecule has 1 atom stereocenters. The number of morpholine rings is 1. The van der Waals surface area contributed by atoms with Gasteiger partial charge >= 0.3 is 0 Å². The number of ether oxygens (including phenoxy) is 2. The summed E-state index contributed by atoms with van der Waals surface area (Å²) in [6, 6.07) is 8.28. The van der Waals surface area contributed by atoms with Gasteiger partial charge in [0.25, 0.3) is 0 Å². The van der Waals surface area contributed by atoms with Crippen LogP contribution in [0.3, 0.4) is 0 Å². The van der Waals surface area contributed by atoms with E-state index in [0.29, 0.717) is 0 Å². The number of benzene rings is 1. The molecule has 2 fully saturated rings. The quantitative estimate of drug-likeness (QED) is 0.922. The van der Waals surface area contributed by atoms with Crippen molar-refractivity contribution in [3.8, 4) is 17.0 Å². The molecular weight excluding hydrogens is 290 g/mol. The van der Waals surface area contributed by atoms with Crippen molar-refractivity contribution in [1.29, 1.82) is 0 Å². The van der Waals surface area contributed by atoms with Crippen LogP contribution in [-0.4, -0.2) is 48.3 Å². The lowest BCUT2D eigenvalue weighted by molar-refractivity contribution is -0.0134. The summed E-state index contributed by atoms with van der Waals surface area (Å²) in [7, 11) is 1.69. The number of rotatable bonds is 5. The molecule has 4 rings (SSSR count). The van der Waals surface area contributed by atoms with Gasteiger partial charge < -0.3 is 14.5 Å². The van der Waals surface area contributed by atoms with Gasteiger partial charge in [-0.2, -0.15) is 0 Å². The average Bonchev–Trinajstić information content (AvgIpc) is 3.28. The Morgan fingerprint density at radius 2 is 2.30 bits per heavy atom. The number of aromatic amines is 1. The Bertz CT molecular complexity index is 666. The van der Waals surface area contributed by atoms with Crippen molar-refractivity contribution in [3.05, 3.63) is 36.3 Å². The second kappa shape index (κ2) is 6.34. The highest BCUT2D eigenvalue weighted by Gasteiger charge is 2.32. The van der Waals surface area contributed by atoms with Gasteiger partial charge in [-0.3, -0.25) is 4.90 Å². The minimum absolute atomic E-state index is 0.240. The second-order valence-corrected chi connectivity index (χ2v) is 6.44. The number of hydrogen-bond donors (Lipinski definition) is 1. The van der Waals surface area contributed by atoms with Crippen LogP contribution in [0.2, 0.25) is 0 Å². The molecule has 2 aromatic rings. The lowest BCUT2D eigenvalue weighted by Crippen LogP contribution is -2.41. The zero-order chi connectivity index (χ0) is 15.6. The van der Waals surface area contributed by atoms with E-state index in [9.17, 15) is 0 Å². The Morgan fingerprint density at radius 3 is 3.13 bits per heavy atom. The molecule has 0 amide bonds. The Hall–Kier alpha value is -1.85. The van der Waals surface area contributed by atoms with E-state index in [1.165, 1.54) is 19.4 Å². The monoisotopic (exact) mass is 313 g/mol. The van der Waals surface area contributed by atoms with Crippen molar-refractivity contribution in [3.63, 3.8) is 0 Å². The number of H-pyrrole nitrogens is 1. The Labute approximate surface area is 136 Å². The largest absolute Gasteiger partial charge is 0.497 e. The number of aromatic nitrogens is 2. The summed E-state index contributed by atoms with van der Waals surface area (Å²) in [5, 5.41) is 0. The van der Waals surface area contributed by atoms with Gasteiger partial charge in [0.1, 0.15) is 11.6 Å². The third-order valence-electron chi connectivity index (χ3n) is 4.72. The number of methoxy groups -OCH3 is 1. The minimum Gasteiger partial charge on any atom is -0.497 e. The van der Waals surface area contributed by atoms with Crippen LogP contribution in [0.4, 0.5) is 0 Å². The fraction of sp³-hybridized carbons (Fsp3) is 0.500. The summed E-state index contributed by atoms with van der Waals surface area (Å²) in [5.41, 5.74) is 2.12. The standard InChI is InChI=1S/C18H23N3O2/c1-22-15-4-2-3-14(9-15)16-10-19-18(20-16)17-12-23-8-7-21(17)11-13-5-6-13/h2-4,9-10,13,17H,5-8,11-12H2,1H3,(H,19,20). The van der Waals surface area contributed by atoms with Gasteiger partial charge in [0.05, 0.1) is 38.3 Å². The Morgan fingerprint density at radius 1 is 1.39 bits per heavy atom. The van der Waals surface area contributed by atoms with E-state index in [2.05, 4.69) is 20.9 Å². The Balaban J connectivity index is 1.55. The fourth-order valence-electron chi connectivity index (χ4n) is 3.18. The topological polar surface area (TPSA) is 50.4 Å². The van der Waals surface area contributed by atoms with Crippen LogP contribution in [0.25, 0.3) is 11.3 Å². The molecule has 1 aromatic heterocycles. The predicted octanol–water partition coefficient (Wildman–Crippen LogP) is 2.87. The smallest absolute Gasteiger partial charge is 0.126 e. The minimum atomic E-state index is 0.240. The van der Waals surface area contributed by atoms with E-state index >= 15 is 0 Å². The molecule has 1 aromatic carbocycles. The number of imidazole rings is 1. The highest BCUT2D eigenvalue weighted by atomic mass is 16.5. The first-order valence-corrected chi connectivity index (χ1v) is 8.34. The molecule has 2 aliphatic rings. The van der Waals surface area contributed by atoms with E-state index in [1.54, 1.807) is 7.11 Å². The normalized spacial score (nSPS) is 22.2. The molecule has 1 aliphatic heterocycles. The van der Waals surface area contributed by atoms with Crippen LogP contribution in [0.1, 0.15) is 24.7 Å². The lowest BCUT2D eigenvalue weighted by atomic mass is 10.1. The molecular formula is C18H23N3O2. The number of nitrogens with zero attached hydrogens (tertiary/aromatic N) is 2. The van der Waals surface area contributed by atoms with Gasteiger partial charge in [-0.25, -0.2) is 4.98 Å². The van der Waals surface area contributed by atoms with E-state index in [4.69, 9.17) is 9.47 Å². The van der Waals surface area contributed by atoms with Crippen molar-refractivity contribution in [2.45, 2.75) is 18.9 Å². The van der Waals surface area contributed by atoms with E-state index < -0.39 is 0 Å². The number of hydrogen-bond acceptors (Lipinski definition) is 4. The average molecular weight is 313 g/mol. The molecule has 0 radical (unpaired) electrons. The van der Waals surface area contributed by atoms with Gasteiger partial charge in [0.15, 0.2) is 0 Å². The van der Waals surface area contributed by atoms with Crippen molar-refractivity contribution in [2.24, 2.45) is 5.92 Å². The van der Waals surface area contributed by atoms with E-state index in [-0.39, 0.29) is 6.04 Å². The van der Waals surface area contributed by atoms with E-state index in [0.717, 1.165) is 48.5 Å². The van der Waals surface area contributed by atoms with Crippen LogP contribution in [0.5, 0.6) is 5.75 Å². The molecule has 1 aliphatic carbocycles. The molecule has 1 saturated carbocycles. The first-order chi connectivity index (χ1) is 11.3.